The van der Waals surface area contributed by atoms with E-state index >= 15 is 0 Å². The van der Waals surface area contributed by atoms with Gasteiger partial charge in [0.05, 0.1) is 6.04 Å². The lowest BCUT2D eigenvalue weighted by Gasteiger charge is -2.38. The normalized spacial score (nSPS) is 16.1. The highest BCUT2D eigenvalue weighted by Gasteiger charge is 2.32. The summed E-state index contributed by atoms with van der Waals surface area (Å²) in [6.45, 7) is 0.618. The van der Waals surface area contributed by atoms with Crippen LogP contribution in [-0.2, 0) is 6.42 Å². The standard InChI is InChI=1S/C22H16Cl3NO/c23-17-7-5-15(6-8-17)21-20-4-2-1-3-14(20)9-10-26(21)22(27)16-11-18(24)13-19(25)12-16/h1-8,11-13,21H,9-10H2. The molecule has 136 valence electrons. The molecule has 1 aliphatic rings. The SMILES string of the molecule is O=C(c1cc(Cl)cc(Cl)c1)N1CCc2ccccc2C1c1ccc(Cl)cc1. The Bertz CT molecular complexity index is 980. The van der Waals surface area contributed by atoms with E-state index in [1.807, 2.05) is 41.3 Å². The summed E-state index contributed by atoms with van der Waals surface area (Å²) in [6.07, 6.45) is 0.806. The topological polar surface area (TPSA) is 20.3 Å². The van der Waals surface area contributed by atoms with Crippen molar-refractivity contribution in [3.63, 3.8) is 0 Å². The zero-order valence-electron chi connectivity index (χ0n) is 14.3. The molecule has 5 heteroatoms. The smallest absolute Gasteiger partial charge is 0.254 e. The summed E-state index contributed by atoms with van der Waals surface area (Å²) in [7, 11) is 0. The summed E-state index contributed by atoms with van der Waals surface area (Å²) >= 11 is 18.3. The molecular formula is C22H16Cl3NO. The van der Waals surface area contributed by atoms with Crippen molar-refractivity contribution in [2.24, 2.45) is 0 Å². The van der Waals surface area contributed by atoms with Gasteiger partial charge < -0.3 is 4.90 Å². The Morgan fingerprint density at radius 1 is 0.852 bits per heavy atom. The second-order valence-electron chi connectivity index (χ2n) is 6.56. The predicted molar refractivity (Wildman–Crippen MR) is 111 cm³/mol. The highest BCUT2D eigenvalue weighted by Crippen LogP contribution is 2.37. The lowest BCUT2D eigenvalue weighted by molar-refractivity contribution is 0.0694. The van der Waals surface area contributed by atoms with Crippen LogP contribution in [-0.4, -0.2) is 17.4 Å². The Labute approximate surface area is 173 Å². The lowest BCUT2D eigenvalue weighted by atomic mass is 9.87. The number of fused-ring (bicyclic) bond motifs is 1. The van der Waals surface area contributed by atoms with E-state index in [9.17, 15) is 4.79 Å². The van der Waals surface area contributed by atoms with Gasteiger partial charge in [0.25, 0.3) is 5.91 Å². The van der Waals surface area contributed by atoms with Crippen molar-refractivity contribution in [2.45, 2.75) is 12.5 Å². The second-order valence-corrected chi connectivity index (χ2v) is 7.87. The number of halogens is 3. The largest absolute Gasteiger partial charge is 0.327 e. The fourth-order valence-electron chi connectivity index (χ4n) is 3.63. The van der Waals surface area contributed by atoms with Gasteiger partial charge in [-0.2, -0.15) is 0 Å². The van der Waals surface area contributed by atoms with Crippen molar-refractivity contribution < 1.29 is 4.79 Å². The van der Waals surface area contributed by atoms with Gasteiger partial charge in [-0.05, 0) is 53.4 Å². The molecule has 1 amide bonds. The third-order valence-electron chi connectivity index (χ3n) is 4.84. The van der Waals surface area contributed by atoms with Gasteiger partial charge in [-0.15, -0.1) is 0 Å². The maximum absolute atomic E-state index is 13.3. The quantitative estimate of drug-likeness (QED) is 0.471. The van der Waals surface area contributed by atoms with E-state index in [-0.39, 0.29) is 11.9 Å². The van der Waals surface area contributed by atoms with Gasteiger partial charge in [0, 0.05) is 27.2 Å². The molecule has 0 radical (unpaired) electrons. The molecule has 4 rings (SSSR count). The third kappa shape index (κ3) is 3.70. The van der Waals surface area contributed by atoms with E-state index < -0.39 is 0 Å². The van der Waals surface area contributed by atoms with E-state index in [0.29, 0.717) is 27.2 Å². The first-order valence-corrected chi connectivity index (χ1v) is 9.76. The number of carbonyl (C=O) groups is 1. The minimum atomic E-state index is -0.183. The van der Waals surface area contributed by atoms with Crippen LogP contribution in [0.2, 0.25) is 15.1 Å². The van der Waals surface area contributed by atoms with E-state index in [0.717, 1.165) is 17.5 Å². The maximum atomic E-state index is 13.3. The van der Waals surface area contributed by atoms with Crippen LogP contribution in [0.15, 0.2) is 66.7 Å². The fourth-order valence-corrected chi connectivity index (χ4v) is 4.29. The maximum Gasteiger partial charge on any atom is 0.254 e. The molecule has 3 aromatic carbocycles. The van der Waals surface area contributed by atoms with Crippen LogP contribution in [0.3, 0.4) is 0 Å². The number of hydrogen-bond donors (Lipinski definition) is 0. The fraction of sp³-hybridized carbons (Fsp3) is 0.136. The van der Waals surface area contributed by atoms with Gasteiger partial charge in [-0.25, -0.2) is 0 Å². The minimum absolute atomic E-state index is 0.0890. The molecule has 0 bridgehead atoms. The summed E-state index contributed by atoms with van der Waals surface area (Å²) in [5.74, 6) is -0.0890. The molecule has 1 unspecified atom stereocenters. The molecule has 0 spiro atoms. The predicted octanol–water partition coefficient (Wildman–Crippen LogP) is 6.43. The molecule has 1 atom stereocenters. The Balaban J connectivity index is 1.81. The average molecular weight is 417 g/mol. The number of hydrogen-bond acceptors (Lipinski definition) is 1. The van der Waals surface area contributed by atoms with Gasteiger partial charge in [0.2, 0.25) is 0 Å². The first-order valence-electron chi connectivity index (χ1n) is 8.63. The van der Waals surface area contributed by atoms with E-state index in [2.05, 4.69) is 12.1 Å². The molecule has 0 N–H and O–H groups in total. The molecule has 1 aliphatic heterocycles. The molecule has 0 aromatic heterocycles. The van der Waals surface area contributed by atoms with Gasteiger partial charge in [0.15, 0.2) is 0 Å². The number of rotatable bonds is 2. The van der Waals surface area contributed by atoms with Gasteiger partial charge in [-0.3, -0.25) is 4.79 Å². The van der Waals surface area contributed by atoms with Gasteiger partial charge in [-0.1, -0.05) is 71.2 Å². The summed E-state index contributed by atoms with van der Waals surface area (Å²) < 4.78 is 0. The first kappa shape index (κ1) is 18.4. The third-order valence-corrected chi connectivity index (χ3v) is 5.53. The van der Waals surface area contributed by atoms with E-state index in [1.54, 1.807) is 18.2 Å². The number of carbonyl (C=O) groups excluding carboxylic acids is 1. The second kappa shape index (κ2) is 7.55. The molecule has 27 heavy (non-hydrogen) atoms. The zero-order valence-corrected chi connectivity index (χ0v) is 16.6. The monoisotopic (exact) mass is 415 g/mol. The average Bonchev–Trinajstić information content (AvgIpc) is 2.66. The van der Waals surface area contributed by atoms with Crippen LogP contribution in [0, 0.1) is 0 Å². The first-order chi connectivity index (χ1) is 13.0. The van der Waals surface area contributed by atoms with Crippen LogP contribution in [0.5, 0.6) is 0 Å². The van der Waals surface area contributed by atoms with Crippen molar-refractivity contribution in [1.82, 2.24) is 4.90 Å². The van der Waals surface area contributed by atoms with Crippen molar-refractivity contribution >= 4 is 40.7 Å². The van der Waals surface area contributed by atoms with Crippen molar-refractivity contribution in [3.8, 4) is 0 Å². The molecular weight excluding hydrogens is 401 g/mol. The summed E-state index contributed by atoms with van der Waals surface area (Å²) in [5, 5.41) is 1.57. The van der Waals surface area contributed by atoms with Crippen molar-refractivity contribution in [2.75, 3.05) is 6.54 Å². The van der Waals surface area contributed by atoms with Crippen LogP contribution in [0.4, 0.5) is 0 Å². The zero-order chi connectivity index (χ0) is 19.0. The van der Waals surface area contributed by atoms with E-state index in [1.165, 1.54) is 5.56 Å². The number of benzene rings is 3. The summed E-state index contributed by atoms with van der Waals surface area (Å²) in [5.41, 5.74) is 3.90. The molecule has 0 saturated heterocycles. The molecule has 1 heterocycles. The number of amides is 1. The minimum Gasteiger partial charge on any atom is -0.327 e. The Kier molecular flexibility index (Phi) is 5.14. The summed E-state index contributed by atoms with van der Waals surface area (Å²) in [4.78, 5) is 15.2. The molecule has 0 fully saturated rings. The molecule has 3 aromatic rings. The van der Waals surface area contributed by atoms with E-state index in [4.69, 9.17) is 34.8 Å². The Morgan fingerprint density at radius 2 is 1.52 bits per heavy atom. The van der Waals surface area contributed by atoms with Crippen LogP contribution >= 0.6 is 34.8 Å². The number of nitrogens with zero attached hydrogens (tertiary/aromatic N) is 1. The van der Waals surface area contributed by atoms with Gasteiger partial charge >= 0.3 is 0 Å². The van der Waals surface area contributed by atoms with Crippen LogP contribution < -0.4 is 0 Å². The molecule has 0 aliphatic carbocycles. The summed E-state index contributed by atoms with van der Waals surface area (Å²) in [6, 6.07) is 20.7. The lowest BCUT2D eigenvalue weighted by Crippen LogP contribution is -2.40. The van der Waals surface area contributed by atoms with Crippen LogP contribution in [0.1, 0.15) is 33.1 Å². The Hall–Kier alpha value is -2.00. The molecule has 0 saturated carbocycles. The molecule has 2 nitrogen and oxygen atoms in total. The van der Waals surface area contributed by atoms with Crippen molar-refractivity contribution in [3.05, 3.63) is 104 Å². The van der Waals surface area contributed by atoms with Crippen LogP contribution in [0.25, 0.3) is 0 Å². The highest BCUT2D eigenvalue weighted by molar-refractivity contribution is 6.35. The van der Waals surface area contributed by atoms with Gasteiger partial charge in [0.1, 0.15) is 0 Å². The highest BCUT2D eigenvalue weighted by atomic mass is 35.5. The van der Waals surface area contributed by atoms with Crippen molar-refractivity contribution in [1.29, 1.82) is 0 Å². The Morgan fingerprint density at radius 3 is 2.22 bits per heavy atom.